The van der Waals surface area contributed by atoms with Gasteiger partial charge in [-0.15, -0.1) is 0 Å². The van der Waals surface area contributed by atoms with Gasteiger partial charge in [0, 0.05) is 25.5 Å². The zero-order chi connectivity index (χ0) is 14.3. The molecule has 2 aromatic heterocycles. The van der Waals surface area contributed by atoms with Gasteiger partial charge >= 0.3 is 0 Å². The molecule has 7 heteroatoms. The largest absolute Gasteiger partial charge is 0.378 e. The molecule has 0 bridgehead atoms. The molecule has 5 nitrogen and oxygen atoms in total. The number of aromatic nitrogens is 2. The average molecular weight is 314 g/mol. The van der Waals surface area contributed by atoms with E-state index >= 15 is 0 Å². The Morgan fingerprint density at radius 2 is 1.95 bits per heavy atom. The Hall–Kier alpha value is -1.30. The molecule has 0 atom stereocenters. The summed E-state index contributed by atoms with van der Waals surface area (Å²) in [5.41, 5.74) is 1.23. The molecule has 0 radical (unpaired) electrons. The second-order valence-corrected chi connectivity index (χ2v) is 5.41. The van der Waals surface area contributed by atoms with Crippen LogP contribution in [0.15, 0.2) is 16.9 Å². The highest BCUT2D eigenvalue weighted by atomic mass is 35.5. The molecule has 0 N–H and O–H groups in total. The van der Waals surface area contributed by atoms with Crippen molar-refractivity contribution in [3.63, 3.8) is 0 Å². The van der Waals surface area contributed by atoms with E-state index in [1.165, 1.54) is 0 Å². The summed E-state index contributed by atoms with van der Waals surface area (Å²) in [6.07, 6.45) is 0. The van der Waals surface area contributed by atoms with Gasteiger partial charge in [-0.25, -0.2) is 4.98 Å². The third-order valence-corrected chi connectivity index (χ3v) is 3.96. The first-order chi connectivity index (χ1) is 9.58. The minimum absolute atomic E-state index is 0.0715. The molecular weight excluding hydrogens is 301 g/mol. The monoisotopic (exact) mass is 313 g/mol. The minimum Gasteiger partial charge on any atom is -0.378 e. The lowest BCUT2D eigenvalue weighted by atomic mass is 10.2. The molecule has 1 saturated heterocycles. The van der Waals surface area contributed by atoms with Crippen molar-refractivity contribution in [2.24, 2.45) is 7.05 Å². The van der Waals surface area contributed by atoms with Crippen LogP contribution in [0.2, 0.25) is 10.3 Å². The summed E-state index contributed by atoms with van der Waals surface area (Å²) in [6, 6.07) is 3.43. The van der Waals surface area contributed by atoms with Gasteiger partial charge in [0.2, 0.25) is 0 Å². The predicted octanol–water partition coefficient (Wildman–Crippen LogP) is 2.08. The van der Waals surface area contributed by atoms with E-state index in [4.69, 9.17) is 27.9 Å². The van der Waals surface area contributed by atoms with Gasteiger partial charge in [0.05, 0.1) is 18.7 Å². The fourth-order valence-electron chi connectivity index (χ4n) is 2.40. The highest BCUT2D eigenvalue weighted by Gasteiger charge is 2.18. The number of aryl methyl sites for hydroxylation is 1. The van der Waals surface area contributed by atoms with Crippen molar-refractivity contribution in [3.05, 3.63) is 32.8 Å². The third-order valence-electron chi connectivity index (χ3n) is 3.48. The fourth-order valence-corrected chi connectivity index (χ4v) is 2.88. The maximum absolute atomic E-state index is 12.5. The molecule has 3 heterocycles. The van der Waals surface area contributed by atoms with Crippen LogP contribution in [0, 0.1) is 0 Å². The predicted molar refractivity (Wildman–Crippen MR) is 80.0 cm³/mol. The van der Waals surface area contributed by atoms with E-state index in [2.05, 4.69) is 4.98 Å². The maximum Gasteiger partial charge on any atom is 0.274 e. The van der Waals surface area contributed by atoms with Crippen molar-refractivity contribution in [1.29, 1.82) is 0 Å². The van der Waals surface area contributed by atoms with Gasteiger partial charge < -0.3 is 14.2 Å². The van der Waals surface area contributed by atoms with Crippen molar-refractivity contribution in [2.75, 3.05) is 31.2 Å². The Morgan fingerprint density at radius 3 is 2.65 bits per heavy atom. The van der Waals surface area contributed by atoms with Gasteiger partial charge in [-0.1, -0.05) is 23.2 Å². The SMILES string of the molecule is Cn1c(=O)c(N2CCOCC2)cc2c(Cl)nc(Cl)cc21. The van der Waals surface area contributed by atoms with E-state index in [1.54, 1.807) is 23.7 Å². The number of pyridine rings is 2. The lowest BCUT2D eigenvalue weighted by Gasteiger charge is -2.28. The molecule has 1 aliphatic heterocycles. The Labute approximate surface area is 125 Å². The lowest BCUT2D eigenvalue weighted by molar-refractivity contribution is 0.122. The molecule has 0 unspecified atom stereocenters. The van der Waals surface area contributed by atoms with Crippen LogP contribution in [-0.2, 0) is 11.8 Å². The number of morpholine rings is 1. The first-order valence-electron chi connectivity index (χ1n) is 6.26. The van der Waals surface area contributed by atoms with E-state index in [-0.39, 0.29) is 10.7 Å². The summed E-state index contributed by atoms with van der Waals surface area (Å²) < 4.78 is 6.87. The van der Waals surface area contributed by atoms with Crippen molar-refractivity contribution < 1.29 is 4.74 Å². The highest BCUT2D eigenvalue weighted by molar-refractivity contribution is 6.36. The zero-order valence-corrected chi connectivity index (χ0v) is 12.4. The van der Waals surface area contributed by atoms with Gasteiger partial charge in [0.25, 0.3) is 5.56 Å². The van der Waals surface area contributed by atoms with Crippen LogP contribution < -0.4 is 10.5 Å². The number of anilines is 1. The zero-order valence-electron chi connectivity index (χ0n) is 10.9. The number of nitrogens with zero attached hydrogens (tertiary/aromatic N) is 3. The van der Waals surface area contributed by atoms with Crippen LogP contribution in [0.25, 0.3) is 10.9 Å². The van der Waals surface area contributed by atoms with Gasteiger partial charge in [0.1, 0.15) is 16.0 Å². The van der Waals surface area contributed by atoms with E-state index in [0.29, 0.717) is 42.7 Å². The quantitative estimate of drug-likeness (QED) is 0.756. The fraction of sp³-hybridized carbons (Fsp3) is 0.385. The Kier molecular flexibility index (Phi) is 3.58. The van der Waals surface area contributed by atoms with E-state index in [1.807, 2.05) is 4.90 Å². The maximum atomic E-state index is 12.5. The summed E-state index contributed by atoms with van der Waals surface area (Å²) >= 11 is 12.0. The van der Waals surface area contributed by atoms with Crippen LogP contribution in [-0.4, -0.2) is 35.9 Å². The molecule has 0 saturated carbocycles. The molecule has 0 spiro atoms. The standard InChI is InChI=1S/C13H13Cl2N3O2/c1-17-9-7-11(14)16-12(15)8(9)6-10(13(17)19)18-2-4-20-5-3-18/h6-7H,2-5H2,1H3. The summed E-state index contributed by atoms with van der Waals surface area (Å²) in [5.74, 6) is 0. The van der Waals surface area contributed by atoms with Crippen LogP contribution >= 0.6 is 23.2 Å². The van der Waals surface area contributed by atoms with Gasteiger partial charge in [-0.05, 0) is 12.1 Å². The van der Waals surface area contributed by atoms with E-state index in [9.17, 15) is 4.79 Å². The number of fused-ring (bicyclic) bond motifs is 1. The van der Waals surface area contributed by atoms with Gasteiger partial charge in [-0.3, -0.25) is 4.79 Å². The Morgan fingerprint density at radius 1 is 1.25 bits per heavy atom. The highest BCUT2D eigenvalue weighted by Crippen LogP contribution is 2.26. The van der Waals surface area contributed by atoms with Crippen molar-refractivity contribution in [3.8, 4) is 0 Å². The summed E-state index contributed by atoms with van der Waals surface area (Å²) in [6.45, 7) is 2.63. The van der Waals surface area contributed by atoms with Gasteiger partial charge in [-0.2, -0.15) is 0 Å². The van der Waals surface area contributed by atoms with Crippen LogP contribution in [0.1, 0.15) is 0 Å². The number of ether oxygens (including phenoxy) is 1. The molecule has 106 valence electrons. The molecule has 2 aromatic rings. The summed E-state index contributed by atoms with van der Waals surface area (Å²) in [4.78, 5) is 18.5. The van der Waals surface area contributed by atoms with Crippen LogP contribution in [0.5, 0.6) is 0 Å². The van der Waals surface area contributed by atoms with Crippen LogP contribution in [0.3, 0.4) is 0 Å². The summed E-state index contributed by atoms with van der Waals surface area (Å²) in [5, 5.41) is 1.30. The van der Waals surface area contributed by atoms with Crippen molar-refractivity contribution in [1.82, 2.24) is 9.55 Å². The van der Waals surface area contributed by atoms with E-state index < -0.39 is 0 Å². The van der Waals surface area contributed by atoms with Crippen LogP contribution in [0.4, 0.5) is 5.69 Å². The van der Waals surface area contributed by atoms with E-state index in [0.717, 1.165) is 5.39 Å². The second kappa shape index (κ2) is 5.24. The molecule has 1 fully saturated rings. The van der Waals surface area contributed by atoms with Gasteiger partial charge in [0.15, 0.2) is 0 Å². The third kappa shape index (κ3) is 2.26. The Balaban J connectivity index is 2.24. The molecule has 0 amide bonds. The number of hydrogen-bond donors (Lipinski definition) is 0. The van der Waals surface area contributed by atoms with Crippen molar-refractivity contribution in [2.45, 2.75) is 0 Å². The molecule has 0 aliphatic carbocycles. The number of halogens is 2. The first kappa shape index (κ1) is 13.7. The molecule has 20 heavy (non-hydrogen) atoms. The smallest absolute Gasteiger partial charge is 0.274 e. The Bertz CT molecular complexity index is 724. The number of hydrogen-bond acceptors (Lipinski definition) is 4. The molecular formula is C13H13Cl2N3O2. The number of rotatable bonds is 1. The minimum atomic E-state index is -0.0715. The normalized spacial score (nSPS) is 15.8. The molecule has 0 aromatic carbocycles. The topological polar surface area (TPSA) is 47.4 Å². The van der Waals surface area contributed by atoms with Crippen molar-refractivity contribution >= 4 is 39.8 Å². The molecule has 3 rings (SSSR count). The first-order valence-corrected chi connectivity index (χ1v) is 7.02. The molecule has 1 aliphatic rings. The lowest BCUT2D eigenvalue weighted by Crippen LogP contribution is -2.40. The average Bonchev–Trinajstić information content (AvgIpc) is 2.44. The second-order valence-electron chi connectivity index (χ2n) is 4.66. The summed E-state index contributed by atoms with van der Waals surface area (Å²) in [7, 11) is 1.71.